The van der Waals surface area contributed by atoms with Crippen molar-refractivity contribution in [2.24, 2.45) is 5.41 Å². The molecule has 10 nitrogen and oxygen atoms in total. The number of likely N-dealkylation sites (tertiary alicyclic amines) is 1. The third-order valence-electron chi connectivity index (χ3n) is 8.20. The summed E-state index contributed by atoms with van der Waals surface area (Å²) in [5.41, 5.74) is 0.982. The molecule has 2 aliphatic heterocycles. The van der Waals surface area contributed by atoms with Crippen LogP contribution in [0.25, 0.3) is 10.2 Å². The van der Waals surface area contributed by atoms with Gasteiger partial charge in [-0.2, -0.15) is 5.26 Å². The lowest BCUT2D eigenvalue weighted by molar-refractivity contribution is -0.128. The van der Waals surface area contributed by atoms with Gasteiger partial charge in [0.2, 0.25) is 0 Å². The van der Waals surface area contributed by atoms with Crippen molar-refractivity contribution >= 4 is 50.6 Å². The van der Waals surface area contributed by atoms with E-state index in [0.717, 1.165) is 29.5 Å². The highest BCUT2D eigenvalue weighted by molar-refractivity contribution is 7.19. The highest BCUT2D eigenvalue weighted by Gasteiger charge is 2.39. The molecule has 0 aliphatic carbocycles. The van der Waals surface area contributed by atoms with Gasteiger partial charge in [0, 0.05) is 25.3 Å². The number of amides is 3. The van der Waals surface area contributed by atoms with Crippen molar-refractivity contribution in [1.29, 1.82) is 5.26 Å². The zero-order chi connectivity index (χ0) is 33.5. The van der Waals surface area contributed by atoms with E-state index < -0.39 is 5.72 Å². The Bertz CT molecular complexity index is 1920. The summed E-state index contributed by atoms with van der Waals surface area (Å²) in [6.07, 6.45) is 4.83. The first-order valence-corrected chi connectivity index (χ1v) is 16.5. The van der Waals surface area contributed by atoms with E-state index in [4.69, 9.17) is 4.74 Å². The quantitative estimate of drug-likeness (QED) is 0.109. The second-order valence-corrected chi connectivity index (χ2v) is 14.3. The average molecular weight is 651 g/mol. The van der Waals surface area contributed by atoms with E-state index >= 15 is 0 Å². The van der Waals surface area contributed by atoms with Crippen LogP contribution in [-0.4, -0.2) is 46.1 Å². The molecule has 2 aliphatic rings. The predicted molar refractivity (Wildman–Crippen MR) is 184 cm³/mol. The van der Waals surface area contributed by atoms with Crippen LogP contribution in [0.4, 0.5) is 21.9 Å². The summed E-state index contributed by atoms with van der Waals surface area (Å²) in [7, 11) is 0. The van der Waals surface area contributed by atoms with Gasteiger partial charge in [-0.25, -0.2) is 9.78 Å². The Morgan fingerprint density at radius 2 is 1.91 bits per heavy atom. The lowest BCUT2D eigenvalue weighted by atomic mass is 9.93. The summed E-state index contributed by atoms with van der Waals surface area (Å²) < 4.78 is 6.00. The SMILES string of the molecule is Cc1cc(Oc2ccccc2)ccc1N1C(=O)Nc2c(C(C)(O)N[C@@H]3CCCN(C(=O)/C(C#N)=C/C(C)(C)C)C3)sc3nccc1c23. The number of hydrogen-bond acceptors (Lipinski definition) is 8. The highest BCUT2D eigenvalue weighted by Crippen LogP contribution is 2.49. The molecule has 0 radical (unpaired) electrons. The molecule has 4 aromatic rings. The molecule has 3 amide bonds. The van der Waals surface area contributed by atoms with Gasteiger partial charge < -0.3 is 20.1 Å². The van der Waals surface area contributed by atoms with Crippen LogP contribution in [0.15, 0.2) is 72.4 Å². The van der Waals surface area contributed by atoms with E-state index in [-0.39, 0.29) is 29.0 Å². The number of nitriles is 1. The maximum atomic E-state index is 13.8. The van der Waals surface area contributed by atoms with Gasteiger partial charge in [-0.1, -0.05) is 45.0 Å². The number of aliphatic hydroxyl groups is 1. The molecule has 1 unspecified atom stereocenters. The average Bonchev–Trinajstić information content (AvgIpc) is 3.40. The van der Waals surface area contributed by atoms with Crippen LogP contribution in [0.1, 0.15) is 51.0 Å². The predicted octanol–water partition coefficient (Wildman–Crippen LogP) is 7.32. The zero-order valence-electron chi connectivity index (χ0n) is 27.1. The summed E-state index contributed by atoms with van der Waals surface area (Å²) in [4.78, 5) is 36.1. The van der Waals surface area contributed by atoms with Gasteiger partial charge in [0.05, 0.1) is 27.3 Å². The number of carbonyl (C=O) groups is 2. The van der Waals surface area contributed by atoms with E-state index in [9.17, 15) is 20.0 Å². The Labute approximate surface area is 278 Å². The summed E-state index contributed by atoms with van der Waals surface area (Å²) >= 11 is 1.31. The number of piperidine rings is 1. The second-order valence-electron chi connectivity index (χ2n) is 13.3. The molecule has 47 heavy (non-hydrogen) atoms. The number of anilines is 3. The number of benzene rings is 2. The van der Waals surface area contributed by atoms with Crippen molar-refractivity contribution in [3.8, 4) is 17.6 Å². The number of nitrogens with zero attached hydrogens (tertiary/aromatic N) is 4. The molecule has 2 aromatic carbocycles. The minimum absolute atomic E-state index is 0.123. The summed E-state index contributed by atoms with van der Waals surface area (Å²) in [5.74, 6) is 1.08. The van der Waals surface area contributed by atoms with Crippen LogP contribution in [0, 0.1) is 23.7 Å². The molecule has 2 atom stereocenters. The third-order valence-corrected chi connectivity index (χ3v) is 9.51. The summed E-state index contributed by atoms with van der Waals surface area (Å²) in [6.45, 7) is 10.3. The second kappa shape index (κ2) is 12.4. The Hall–Kier alpha value is -4.76. The van der Waals surface area contributed by atoms with Gasteiger partial charge in [-0.3, -0.25) is 15.0 Å². The van der Waals surface area contributed by atoms with Gasteiger partial charge in [-0.15, -0.1) is 11.3 Å². The number of aromatic nitrogens is 1. The number of urea groups is 1. The fourth-order valence-corrected chi connectivity index (χ4v) is 7.35. The number of para-hydroxylation sites is 1. The first kappa shape index (κ1) is 32.2. The molecule has 0 saturated carbocycles. The Morgan fingerprint density at radius 1 is 1.15 bits per heavy atom. The number of rotatable bonds is 7. The minimum atomic E-state index is -1.55. The lowest BCUT2D eigenvalue weighted by Crippen LogP contribution is -2.54. The van der Waals surface area contributed by atoms with Gasteiger partial charge >= 0.3 is 6.03 Å². The van der Waals surface area contributed by atoms with Crippen molar-refractivity contribution in [3.05, 3.63) is 82.9 Å². The molecule has 1 fully saturated rings. The number of nitrogens with one attached hydrogen (secondary N) is 2. The zero-order valence-corrected chi connectivity index (χ0v) is 27.9. The van der Waals surface area contributed by atoms with Crippen LogP contribution in [0.3, 0.4) is 0 Å². The van der Waals surface area contributed by atoms with Crippen LogP contribution < -0.4 is 20.3 Å². The topological polar surface area (TPSA) is 131 Å². The summed E-state index contributed by atoms with van der Waals surface area (Å²) in [5, 5.41) is 28.7. The fourth-order valence-electron chi connectivity index (χ4n) is 6.22. The maximum absolute atomic E-state index is 13.8. The van der Waals surface area contributed by atoms with Crippen molar-refractivity contribution in [2.45, 2.75) is 59.2 Å². The van der Waals surface area contributed by atoms with Crippen LogP contribution >= 0.6 is 11.3 Å². The number of hydrogen-bond donors (Lipinski definition) is 3. The highest BCUT2D eigenvalue weighted by atomic mass is 32.1. The Balaban J connectivity index is 1.27. The monoisotopic (exact) mass is 650 g/mol. The number of ether oxygens (including phenoxy) is 1. The van der Waals surface area contributed by atoms with Crippen molar-refractivity contribution in [2.75, 3.05) is 23.3 Å². The number of thiophene rings is 1. The molecule has 242 valence electrons. The van der Waals surface area contributed by atoms with Gasteiger partial charge in [0.1, 0.15) is 28.0 Å². The van der Waals surface area contributed by atoms with Crippen LogP contribution in [0.2, 0.25) is 0 Å². The number of pyridine rings is 1. The molecule has 11 heteroatoms. The molecule has 3 N–H and O–H groups in total. The van der Waals surface area contributed by atoms with E-state index in [1.165, 1.54) is 11.3 Å². The molecular weight excluding hydrogens is 613 g/mol. The largest absolute Gasteiger partial charge is 0.457 e. The molecule has 4 heterocycles. The fraction of sp³-hybridized carbons (Fsp3) is 0.333. The first-order chi connectivity index (χ1) is 22.3. The number of carbonyl (C=O) groups excluding carboxylic acids is 2. The van der Waals surface area contributed by atoms with Crippen molar-refractivity contribution < 1.29 is 19.4 Å². The van der Waals surface area contributed by atoms with Crippen molar-refractivity contribution in [1.82, 2.24) is 15.2 Å². The molecule has 2 aromatic heterocycles. The van der Waals surface area contributed by atoms with E-state index in [1.54, 1.807) is 35.1 Å². The van der Waals surface area contributed by atoms with Gasteiger partial charge in [0.15, 0.2) is 5.72 Å². The molecule has 6 rings (SSSR count). The van der Waals surface area contributed by atoms with E-state index in [2.05, 4.69) is 21.7 Å². The van der Waals surface area contributed by atoms with E-state index in [1.807, 2.05) is 76.2 Å². The van der Waals surface area contributed by atoms with Gasteiger partial charge in [-0.05, 0) is 74.1 Å². The smallest absolute Gasteiger partial charge is 0.331 e. The van der Waals surface area contributed by atoms with Gasteiger partial charge in [0.25, 0.3) is 5.91 Å². The Kier molecular flexibility index (Phi) is 8.53. The lowest BCUT2D eigenvalue weighted by Gasteiger charge is -2.38. The molecular formula is C36H38N6O4S. The third kappa shape index (κ3) is 6.58. The minimum Gasteiger partial charge on any atom is -0.457 e. The first-order valence-electron chi connectivity index (χ1n) is 15.6. The molecule has 0 bridgehead atoms. The summed E-state index contributed by atoms with van der Waals surface area (Å²) in [6, 6.07) is 18.4. The van der Waals surface area contributed by atoms with Crippen molar-refractivity contribution in [3.63, 3.8) is 0 Å². The molecule has 0 spiro atoms. The van der Waals surface area contributed by atoms with E-state index in [0.29, 0.717) is 45.6 Å². The normalized spacial score (nSPS) is 18.0. The standard InChI is InChI=1S/C36H38N6O4S/c1-22-18-26(46-25-11-7-6-8-12-25)13-14-27(22)42-28-15-16-38-32-29(28)30(39-34(42)44)31(47-32)36(5,45)40-24-10-9-17-41(21-24)33(43)23(20-37)19-35(2,3)4/h6-8,11-16,18-19,24,40,45H,9-10,17,21H2,1-5H3,(H,39,44)/b23-19+/t24-,36?/m1/s1. The number of aryl methyl sites for hydroxylation is 1. The maximum Gasteiger partial charge on any atom is 0.331 e. The molecule has 1 saturated heterocycles. The Morgan fingerprint density at radius 3 is 2.62 bits per heavy atom. The van der Waals surface area contributed by atoms with Crippen LogP contribution in [0.5, 0.6) is 11.5 Å². The van der Waals surface area contributed by atoms with Crippen LogP contribution in [-0.2, 0) is 10.5 Å². The number of allylic oxidation sites excluding steroid dienone is 1.